The molecule has 0 aliphatic carbocycles. The zero-order valence-corrected chi connectivity index (χ0v) is 13.7. The third-order valence-electron chi connectivity index (χ3n) is 2.47. The molecule has 9 heteroatoms. The van der Waals surface area contributed by atoms with Gasteiger partial charge in [-0.05, 0) is 20.3 Å². The first-order chi connectivity index (χ1) is 10.3. The van der Waals surface area contributed by atoms with Gasteiger partial charge in [-0.2, -0.15) is 4.79 Å². The van der Waals surface area contributed by atoms with E-state index in [-0.39, 0.29) is 24.7 Å². The van der Waals surface area contributed by atoms with Gasteiger partial charge in [-0.15, -0.1) is 0 Å². The minimum atomic E-state index is -1.30. The first kappa shape index (κ1) is 20.1. The van der Waals surface area contributed by atoms with Gasteiger partial charge in [-0.1, -0.05) is 6.92 Å². The van der Waals surface area contributed by atoms with Crippen LogP contribution in [0.1, 0.15) is 33.6 Å². The summed E-state index contributed by atoms with van der Waals surface area (Å²) < 4.78 is 16.4. The Morgan fingerprint density at radius 3 is 2.50 bits per heavy atom. The van der Waals surface area contributed by atoms with Crippen molar-refractivity contribution in [1.82, 2.24) is 5.32 Å². The SMILES string of the molecule is CCS(=O)CC(=O)N[C@@H](CCC(=O)C=[N+]=[N-])C(=O)OC(C)C. The summed E-state index contributed by atoms with van der Waals surface area (Å²) in [6.07, 6.45) is 0.255. The molecule has 1 N–H and O–H groups in total. The lowest BCUT2D eigenvalue weighted by Gasteiger charge is -2.18. The molecule has 0 aromatic heterocycles. The van der Waals surface area contributed by atoms with E-state index in [4.69, 9.17) is 10.3 Å². The Labute approximate surface area is 131 Å². The summed E-state index contributed by atoms with van der Waals surface area (Å²) in [4.78, 5) is 37.5. The molecule has 0 heterocycles. The molecule has 0 rings (SSSR count). The van der Waals surface area contributed by atoms with E-state index in [1.54, 1.807) is 20.8 Å². The second-order valence-corrected chi connectivity index (χ2v) is 6.47. The van der Waals surface area contributed by atoms with Crippen LogP contribution in [0.2, 0.25) is 0 Å². The average Bonchev–Trinajstić information content (AvgIpc) is 2.42. The monoisotopic (exact) mass is 331 g/mol. The Balaban J connectivity index is 4.74. The zero-order valence-electron chi connectivity index (χ0n) is 12.9. The highest BCUT2D eigenvalue weighted by Crippen LogP contribution is 2.03. The van der Waals surface area contributed by atoms with Crippen LogP contribution in [0, 0.1) is 0 Å². The highest BCUT2D eigenvalue weighted by molar-refractivity contribution is 7.85. The number of ketones is 1. The number of ether oxygens (including phenoxy) is 1. The van der Waals surface area contributed by atoms with Gasteiger partial charge in [0.05, 0.1) is 6.10 Å². The Morgan fingerprint density at radius 1 is 1.36 bits per heavy atom. The molecule has 22 heavy (non-hydrogen) atoms. The quantitative estimate of drug-likeness (QED) is 0.258. The van der Waals surface area contributed by atoms with Crippen molar-refractivity contribution in [3.05, 3.63) is 5.53 Å². The highest BCUT2D eigenvalue weighted by Gasteiger charge is 2.24. The lowest BCUT2D eigenvalue weighted by molar-refractivity contribution is -0.151. The molecule has 2 atom stereocenters. The lowest BCUT2D eigenvalue weighted by Crippen LogP contribution is -2.44. The van der Waals surface area contributed by atoms with Gasteiger partial charge in [0.1, 0.15) is 11.8 Å². The number of hydrogen-bond acceptors (Lipinski definition) is 5. The van der Waals surface area contributed by atoms with E-state index in [9.17, 15) is 18.6 Å². The van der Waals surface area contributed by atoms with Crippen LogP contribution in [-0.4, -0.2) is 56.5 Å². The van der Waals surface area contributed by atoms with Crippen LogP contribution in [0.4, 0.5) is 0 Å². The first-order valence-corrected chi connectivity index (χ1v) is 8.34. The normalized spacial score (nSPS) is 12.9. The molecular formula is C13H21N3O5S. The summed E-state index contributed by atoms with van der Waals surface area (Å²) in [6, 6.07) is -1.01. The fourth-order valence-corrected chi connectivity index (χ4v) is 2.04. The second-order valence-electron chi connectivity index (χ2n) is 4.73. The summed E-state index contributed by atoms with van der Waals surface area (Å²) in [5.74, 6) is -1.58. The molecule has 0 aliphatic heterocycles. The third kappa shape index (κ3) is 9.15. The Kier molecular flexibility index (Phi) is 9.89. The third-order valence-corrected chi connectivity index (χ3v) is 3.69. The summed E-state index contributed by atoms with van der Waals surface area (Å²) in [5, 5.41) is 2.42. The molecule has 124 valence electrons. The van der Waals surface area contributed by atoms with E-state index >= 15 is 0 Å². The predicted molar refractivity (Wildman–Crippen MR) is 80.6 cm³/mol. The molecule has 0 aliphatic rings. The maximum absolute atomic E-state index is 11.9. The van der Waals surface area contributed by atoms with E-state index in [0.29, 0.717) is 5.75 Å². The lowest BCUT2D eigenvalue weighted by atomic mass is 10.1. The van der Waals surface area contributed by atoms with Gasteiger partial charge in [-0.25, -0.2) is 4.79 Å². The van der Waals surface area contributed by atoms with Gasteiger partial charge in [0.25, 0.3) is 0 Å². The fourth-order valence-electron chi connectivity index (χ4n) is 1.46. The van der Waals surface area contributed by atoms with Gasteiger partial charge < -0.3 is 15.6 Å². The number of carbonyl (C=O) groups excluding carboxylic acids is 3. The Bertz CT molecular complexity index is 486. The number of nitrogens with one attached hydrogen (secondary N) is 1. The van der Waals surface area contributed by atoms with Crippen LogP contribution in [-0.2, 0) is 29.9 Å². The van der Waals surface area contributed by atoms with Crippen molar-refractivity contribution < 1.29 is 28.1 Å². The molecule has 1 unspecified atom stereocenters. The topological polar surface area (TPSA) is 126 Å². The molecular weight excluding hydrogens is 310 g/mol. The van der Waals surface area contributed by atoms with E-state index < -0.39 is 34.5 Å². The number of hydrogen-bond donors (Lipinski definition) is 1. The summed E-state index contributed by atoms with van der Waals surface area (Å²) in [7, 11) is -1.30. The van der Waals surface area contributed by atoms with Crippen molar-refractivity contribution in [2.45, 2.75) is 45.8 Å². The van der Waals surface area contributed by atoms with Crippen LogP contribution in [0.25, 0.3) is 5.53 Å². The van der Waals surface area contributed by atoms with Crippen LogP contribution in [0.5, 0.6) is 0 Å². The van der Waals surface area contributed by atoms with Gasteiger partial charge in [-0.3, -0.25) is 13.8 Å². The average molecular weight is 331 g/mol. The molecule has 0 aromatic carbocycles. The molecule has 8 nitrogen and oxygen atoms in total. The molecule has 0 saturated carbocycles. The molecule has 0 bridgehead atoms. The van der Waals surface area contributed by atoms with Crippen molar-refractivity contribution >= 4 is 34.7 Å². The number of Topliss-reactive ketones (excluding diaryl/α,β-unsaturated/α-hetero) is 1. The van der Waals surface area contributed by atoms with Crippen LogP contribution in [0.15, 0.2) is 0 Å². The van der Waals surface area contributed by atoms with Crippen molar-refractivity contribution in [1.29, 1.82) is 0 Å². The number of carbonyl (C=O) groups is 3. The predicted octanol–water partition coefficient (Wildman–Crippen LogP) is -0.159. The Morgan fingerprint density at radius 2 is 2.00 bits per heavy atom. The molecule has 0 fully saturated rings. The minimum Gasteiger partial charge on any atom is -0.461 e. The van der Waals surface area contributed by atoms with Crippen molar-refractivity contribution in [3.63, 3.8) is 0 Å². The van der Waals surface area contributed by atoms with Crippen molar-refractivity contribution in [3.8, 4) is 0 Å². The van der Waals surface area contributed by atoms with E-state index in [1.165, 1.54) is 0 Å². The zero-order chi connectivity index (χ0) is 17.1. The van der Waals surface area contributed by atoms with Gasteiger partial charge in [0, 0.05) is 23.0 Å². The highest BCUT2D eigenvalue weighted by atomic mass is 32.2. The number of rotatable bonds is 10. The van der Waals surface area contributed by atoms with Crippen molar-refractivity contribution in [2.75, 3.05) is 11.5 Å². The largest absolute Gasteiger partial charge is 0.461 e. The standard InChI is InChI=1S/C13H21N3O5S/c1-4-22(20)8-12(18)16-11(13(19)21-9(2)3)6-5-10(17)7-15-14/h7,9,11H,4-6,8H2,1-3H3,(H,16,18)/t11-,22?/m0/s1. The van der Waals surface area contributed by atoms with Crippen LogP contribution < -0.4 is 5.32 Å². The smallest absolute Gasteiger partial charge is 0.328 e. The van der Waals surface area contributed by atoms with Crippen LogP contribution in [0.3, 0.4) is 0 Å². The Hall–Kier alpha value is -1.86. The van der Waals surface area contributed by atoms with E-state index in [0.717, 1.165) is 6.21 Å². The van der Waals surface area contributed by atoms with Gasteiger partial charge in [0.15, 0.2) is 0 Å². The fraction of sp³-hybridized carbons (Fsp3) is 0.692. The molecule has 1 amide bonds. The molecule has 0 aromatic rings. The molecule has 0 radical (unpaired) electrons. The second kappa shape index (κ2) is 10.8. The molecule has 0 saturated heterocycles. The maximum atomic E-state index is 11.9. The number of amides is 1. The van der Waals surface area contributed by atoms with E-state index in [1.807, 2.05) is 0 Å². The van der Waals surface area contributed by atoms with Crippen LogP contribution >= 0.6 is 0 Å². The summed E-state index contributed by atoms with van der Waals surface area (Å²) in [5.41, 5.74) is 8.26. The summed E-state index contributed by atoms with van der Waals surface area (Å²) in [6.45, 7) is 5.00. The maximum Gasteiger partial charge on any atom is 0.328 e. The van der Waals surface area contributed by atoms with Gasteiger partial charge >= 0.3 is 12.2 Å². The van der Waals surface area contributed by atoms with E-state index in [2.05, 4.69) is 10.1 Å². The minimum absolute atomic E-state index is 0.000899. The first-order valence-electron chi connectivity index (χ1n) is 6.85. The molecule has 0 spiro atoms. The van der Waals surface area contributed by atoms with Crippen molar-refractivity contribution in [2.24, 2.45) is 0 Å². The van der Waals surface area contributed by atoms with Gasteiger partial charge in [0.2, 0.25) is 11.7 Å². The number of esters is 1. The summed E-state index contributed by atoms with van der Waals surface area (Å²) >= 11 is 0. The number of nitrogens with zero attached hydrogens (tertiary/aromatic N) is 2.